The Bertz CT molecular complexity index is 1060. The molecule has 1 aromatic carbocycles. The molecular weight excluding hydrogens is 407 g/mol. The van der Waals surface area contributed by atoms with E-state index in [1.807, 2.05) is 18.4 Å². The van der Waals surface area contributed by atoms with Gasteiger partial charge in [0.2, 0.25) is 0 Å². The molecule has 0 radical (unpaired) electrons. The number of aryl methyl sites for hydroxylation is 1. The molecule has 3 heterocycles. The molecule has 4 rings (SSSR count). The molecule has 0 saturated carbocycles. The van der Waals surface area contributed by atoms with E-state index in [1.165, 1.54) is 59.4 Å². The van der Waals surface area contributed by atoms with Crippen LogP contribution in [0.5, 0.6) is 0 Å². The van der Waals surface area contributed by atoms with Gasteiger partial charge in [0.25, 0.3) is 5.91 Å². The number of hydrogen-bond donors (Lipinski definition) is 2. The molecule has 0 spiro atoms. The standard InChI is InChI=1S/C14H11FN6O.C5H8N2S/c1-9-18-8-19-21(9)13-7-16-12(6-17-13)14(22)20-11-4-2-10(15)3-5-11;1-4-2-3-8-5(6)7-4/h2-8H,1H3,(H,20,22);2-4H,1H3,(H2,6,7). The third kappa shape index (κ3) is 5.70. The lowest BCUT2D eigenvalue weighted by molar-refractivity contribution is 0.102. The van der Waals surface area contributed by atoms with Crippen molar-refractivity contribution >= 4 is 28.5 Å². The molecule has 3 N–H and O–H groups in total. The van der Waals surface area contributed by atoms with E-state index >= 15 is 0 Å². The average molecular weight is 426 g/mol. The highest BCUT2D eigenvalue weighted by Gasteiger charge is 2.10. The Kier molecular flexibility index (Phi) is 6.86. The Morgan fingerprint density at radius 2 is 1.97 bits per heavy atom. The van der Waals surface area contributed by atoms with Crippen molar-refractivity contribution in [2.24, 2.45) is 10.7 Å². The number of thioether (sulfide) groups is 1. The maximum Gasteiger partial charge on any atom is 0.275 e. The molecule has 2 aromatic heterocycles. The van der Waals surface area contributed by atoms with E-state index in [2.05, 4.69) is 30.4 Å². The van der Waals surface area contributed by atoms with Crippen molar-refractivity contribution in [1.29, 1.82) is 0 Å². The summed E-state index contributed by atoms with van der Waals surface area (Å²) < 4.78 is 14.3. The van der Waals surface area contributed by atoms with E-state index < -0.39 is 5.91 Å². The van der Waals surface area contributed by atoms with Gasteiger partial charge < -0.3 is 11.1 Å². The van der Waals surface area contributed by atoms with Crippen molar-refractivity contribution in [3.05, 3.63) is 71.8 Å². The van der Waals surface area contributed by atoms with Crippen molar-refractivity contribution in [3.63, 3.8) is 0 Å². The fraction of sp³-hybridized carbons (Fsp3) is 0.158. The summed E-state index contributed by atoms with van der Waals surface area (Å²) in [4.78, 5) is 28.3. The number of benzene rings is 1. The zero-order valence-electron chi connectivity index (χ0n) is 16.2. The Labute approximate surface area is 176 Å². The van der Waals surface area contributed by atoms with Gasteiger partial charge in [-0.25, -0.2) is 19.3 Å². The summed E-state index contributed by atoms with van der Waals surface area (Å²) in [6.07, 6.45) is 6.20. The lowest BCUT2D eigenvalue weighted by atomic mass is 10.3. The molecule has 1 aliphatic heterocycles. The molecule has 3 aromatic rings. The van der Waals surface area contributed by atoms with E-state index in [9.17, 15) is 9.18 Å². The minimum atomic E-state index is -0.430. The SMILES string of the molecule is CC1C=CSC(N)=N1.Cc1ncnn1-c1cnc(C(=O)Nc2ccc(F)cc2)cn1. The number of carbonyl (C=O) groups excluding carboxylic acids is 1. The molecule has 154 valence electrons. The Balaban J connectivity index is 0.000000269. The van der Waals surface area contributed by atoms with Crippen LogP contribution in [0.4, 0.5) is 10.1 Å². The smallest absolute Gasteiger partial charge is 0.275 e. The van der Waals surface area contributed by atoms with Crippen LogP contribution in [0.2, 0.25) is 0 Å². The van der Waals surface area contributed by atoms with Gasteiger partial charge in [-0.3, -0.25) is 9.79 Å². The molecule has 0 aliphatic carbocycles. The number of amides is 1. The van der Waals surface area contributed by atoms with Crippen molar-refractivity contribution in [3.8, 4) is 5.82 Å². The lowest BCUT2D eigenvalue weighted by Gasteiger charge is -2.05. The number of rotatable bonds is 3. The number of aliphatic imine (C=N–C) groups is 1. The van der Waals surface area contributed by atoms with Gasteiger partial charge in [-0.05, 0) is 43.5 Å². The fourth-order valence-electron chi connectivity index (χ4n) is 2.30. The summed E-state index contributed by atoms with van der Waals surface area (Å²) in [5, 5.41) is 9.24. The summed E-state index contributed by atoms with van der Waals surface area (Å²) in [6, 6.07) is 5.73. The van der Waals surface area contributed by atoms with E-state index in [0.29, 0.717) is 22.5 Å². The van der Waals surface area contributed by atoms with Crippen LogP contribution in [-0.4, -0.2) is 41.8 Å². The second-order valence-corrected chi connectivity index (χ2v) is 7.02. The Morgan fingerprint density at radius 3 is 2.50 bits per heavy atom. The Morgan fingerprint density at radius 1 is 1.20 bits per heavy atom. The molecule has 1 unspecified atom stereocenters. The lowest BCUT2D eigenvalue weighted by Crippen LogP contribution is -2.15. The number of nitrogens with zero attached hydrogens (tertiary/aromatic N) is 6. The minimum Gasteiger partial charge on any atom is -0.378 e. The number of anilines is 1. The predicted octanol–water partition coefficient (Wildman–Crippen LogP) is 2.71. The van der Waals surface area contributed by atoms with Gasteiger partial charge >= 0.3 is 0 Å². The highest BCUT2D eigenvalue weighted by atomic mass is 32.2. The van der Waals surface area contributed by atoms with E-state index in [1.54, 1.807) is 6.92 Å². The summed E-state index contributed by atoms with van der Waals surface area (Å²) in [7, 11) is 0. The van der Waals surface area contributed by atoms with Crippen molar-refractivity contribution < 1.29 is 9.18 Å². The van der Waals surface area contributed by atoms with Crippen LogP contribution in [0, 0.1) is 12.7 Å². The molecule has 9 nitrogen and oxygen atoms in total. The number of nitrogens with two attached hydrogens (primary N) is 1. The number of hydrogen-bond acceptors (Lipinski definition) is 8. The summed E-state index contributed by atoms with van der Waals surface area (Å²) in [5.41, 5.74) is 6.01. The molecule has 0 bridgehead atoms. The van der Waals surface area contributed by atoms with Crippen LogP contribution in [0.1, 0.15) is 23.2 Å². The number of carbonyl (C=O) groups is 1. The summed E-state index contributed by atoms with van der Waals surface area (Å²) in [5.74, 6) is 0.331. The molecule has 1 atom stereocenters. The monoisotopic (exact) mass is 426 g/mol. The van der Waals surface area contributed by atoms with Gasteiger partial charge in [-0.1, -0.05) is 17.8 Å². The number of halogens is 1. The molecule has 1 aliphatic rings. The van der Waals surface area contributed by atoms with Crippen LogP contribution in [-0.2, 0) is 0 Å². The van der Waals surface area contributed by atoms with Crippen LogP contribution in [0.15, 0.2) is 59.5 Å². The molecule has 1 amide bonds. The summed E-state index contributed by atoms with van der Waals surface area (Å²) in [6.45, 7) is 3.78. The fourth-order valence-corrected chi connectivity index (χ4v) is 2.97. The van der Waals surface area contributed by atoms with Crippen molar-refractivity contribution in [1.82, 2.24) is 24.7 Å². The van der Waals surface area contributed by atoms with Gasteiger partial charge in [0.15, 0.2) is 11.0 Å². The first-order chi connectivity index (χ1) is 14.4. The molecule has 30 heavy (non-hydrogen) atoms. The molecular formula is C19H19FN8OS. The average Bonchev–Trinajstić information content (AvgIpc) is 3.16. The van der Waals surface area contributed by atoms with Gasteiger partial charge in [0.1, 0.15) is 23.7 Å². The second-order valence-electron chi connectivity index (χ2n) is 6.09. The normalized spacial score (nSPS) is 15.0. The highest BCUT2D eigenvalue weighted by Crippen LogP contribution is 2.11. The molecule has 0 fully saturated rings. The zero-order valence-corrected chi connectivity index (χ0v) is 17.0. The van der Waals surface area contributed by atoms with Crippen molar-refractivity contribution in [2.45, 2.75) is 19.9 Å². The molecule has 11 heteroatoms. The number of amidine groups is 1. The largest absolute Gasteiger partial charge is 0.378 e. The van der Waals surface area contributed by atoms with Crippen LogP contribution >= 0.6 is 11.8 Å². The quantitative estimate of drug-likeness (QED) is 0.660. The van der Waals surface area contributed by atoms with E-state index in [0.717, 1.165) is 0 Å². The molecule has 0 saturated heterocycles. The topological polar surface area (TPSA) is 124 Å². The first kappa shape index (κ1) is 21.1. The van der Waals surface area contributed by atoms with Crippen LogP contribution in [0.25, 0.3) is 5.82 Å². The highest BCUT2D eigenvalue weighted by molar-refractivity contribution is 8.16. The first-order valence-corrected chi connectivity index (χ1v) is 9.73. The van der Waals surface area contributed by atoms with Crippen LogP contribution < -0.4 is 11.1 Å². The van der Waals surface area contributed by atoms with E-state index in [-0.39, 0.29) is 17.6 Å². The number of nitrogens with one attached hydrogen (secondary N) is 1. The van der Waals surface area contributed by atoms with Gasteiger partial charge in [0, 0.05) is 5.69 Å². The Hall–Kier alpha value is -3.60. The minimum absolute atomic E-state index is 0.144. The predicted molar refractivity (Wildman–Crippen MR) is 114 cm³/mol. The van der Waals surface area contributed by atoms with Gasteiger partial charge in [0.05, 0.1) is 18.4 Å². The van der Waals surface area contributed by atoms with Crippen molar-refractivity contribution in [2.75, 3.05) is 5.32 Å². The third-order valence-electron chi connectivity index (χ3n) is 3.78. The maximum absolute atomic E-state index is 12.8. The zero-order chi connectivity index (χ0) is 21.5. The van der Waals surface area contributed by atoms with E-state index in [4.69, 9.17) is 5.73 Å². The number of aromatic nitrogens is 5. The second kappa shape index (κ2) is 9.74. The summed E-state index contributed by atoms with van der Waals surface area (Å²) >= 11 is 1.47. The maximum atomic E-state index is 12.8. The van der Waals surface area contributed by atoms with Gasteiger partial charge in [-0.2, -0.15) is 9.78 Å². The first-order valence-electron chi connectivity index (χ1n) is 8.85. The van der Waals surface area contributed by atoms with Gasteiger partial charge in [-0.15, -0.1) is 0 Å². The van der Waals surface area contributed by atoms with Crippen LogP contribution in [0.3, 0.4) is 0 Å². The third-order valence-corrected chi connectivity index (χ3v) is 4.43.